The predicted octanol–water partition coefficient (Wildman–Crippen LogP) is 7.50. The predicted molar refractivity (Wildman–Crippen MR) is 298 cm³/mol. The number of amides is 2. The molecule has 2 bridgehead atoms. The number of benzene rings is 3. The number of hydrogen-bond donors (Lipinski definition) is 5. The van der Waals surface area contributed by atoms with Crippen LogP contribution in [0.15, 0.2) is 91.4 Å². The molecule has 1 aliphatic carbocycles. The standard InChI is InChI=1S/C60H65F3N12O7/c1-32(2)54(58(79)74-28-42(77)23-48(74)57(78)67-47(30-76)38-14-10-35(11-15-38)39-5-4-18-65-25-39)75-29-46(71-72-75)37-8-6-34(7-9-37)31-81-55-50(53-51(60(61,62)63)33(3)21-49(64)68-53)44(36-12-13-36)24-45-52(55)69-59(82-43-16-19-80-20-17-43)70-56(45)73-27-40-22-41(73)26-66-40/h4-11,14-15,18,21,24-25,29,32,36,40-43,47-48,54,66,76-77H,12-13,16-17,19-20,22-23,26-28,30-31H2,1-3H3,(H2,64,68)(H,67,78)/t40-,41-,42+,47-,48-,54-/m0/s1. The summed E-state index contributed by atoms with van der Waals surface area (Å²) >= 11 is 0. The van der Waals surface area contributed by atoms with Gasteiger partial charge in [-0.15, -0.1) is 5.10 Å². The van der Waals surface area contributed by atoms with Gasteiger partial charge in [-0.1, -0.05) is 73.7 Å². The van der Waals surface area contributed by atoms with Crippen LogP contribution in [0.1, 0.15) is 98.2 Å². The molecule has 2 amide bonds. The van der Waals surface area contributed by atoms with Gasteiger partial charge in [0.1, 0.15) is 47.6 Å². The second kappa shape index (κ2) is 22.5. The topological polar surface area (TPSA) is 241 Å². The largest absolute Gasteiger partial charge is 0.486 e. The van der Waals surface area contributed by atoms with Crippen molar-refractivity contribution in [2.24, 2.45) is 5.92 Å². The number of fused-ring (bicyclic) bond motifs is 3. The van der Waals surface area contributed by atoms with E-state index in [1.165, 1.54) is 22.6 Å². The van der Waals surface area contributed by atoms with Crippen molar-refractivity contribution in [2.75, 3.05) is 50.1 Å². The van der Waals surface area contributed by atoms with Gasteiger partial charge in [-0.2, -0.15) is 23.1 Å². The SMILES string of the molecule is Cc1cc(N)nc(-c2c(C3CC3)cc3c(N4C[C@@H]5C[C@H]4CN5)nc(OC4CCOCC4)nc3c2OCc2ccc(-c3cn([C@H](C(=O)N4C[C@H](O)C[C@H]4C(=O)N[C@@H](CO)c4ccc(-c5cccnc5)cc4)C(C)C)nn3)cc2)c1C(F)(F)F. The van der Waals surface area contributed by atoms with Crippen LogP contribution >= 0.6 is 0 Å². The van der Waals surface area contributed by atoms with Crippen LogP contribution in [0.3, 0.4) is 0 Å². The molecular weight excluding hydrogens is 1060 g/mol. The number of pyridine rings is 2. The number of aromatic nitrogens is 7. The van der Waals surface area contributed by atoms with Gasteiger partial charge in [0.05, 0.1) is 49.4 Å². The van der Waals surface area contributed by atoms with Gasteiger partial charge in [-0.3, -0.25) is 14.6 Å². The first-order valence-corrected chi connectivity index (χ1v) is 28.1. The third kappa shape index (κ3) is 11.0. The number of hydrogen-bond acceptors (Lipinski definition) is 16. The second-order valence-corrected chi connectivity index (χ2v) is 22.6. The number of piperazine rings is 1. The fourth-order valence-corrected chi connectivity index (χ4v) is 12.2. The highest BCUT2D eigenvalue weighted by molar-refractivity contribution is 6.01. The lowest BCUT2D eigenvalue weighted by Gasteiger charge is -2.31. The minimum atomic E-state index is -4.79. The van der Waals surface area contributed by atoms with Gasteiger partial charge in [0.25, 0.3) is 0 Å². The molecule has 12 rings (SSSR count). The van der Waals surface area contributed by atoms with E-state index in [-0.39, 0.29) is 84.0 Å². The number of rotatable bonds is 17. The fourth-order valence-electron chi connectivity index (χ4n) is 12.2. The number of carbonyl (C=O) groups is 2. The molecule has 1 saturated carbocycles. The summed E-state index contributed by atoms with van der Waals surface area (Å²) in [7, 11) is 0. The summed E-state index contributed by atoms with van der Waals surface area (Å²) in [6, 6.07) is 19.5. The fraction of sp³-hybridized carbons (Fsp3) is 0.433. The van der Waals surface area contributed by atoms with Gasteiger partial charge < -0.3 is 50.6 Å². The molecule has 6 N–H and O–H groups in total. The number of likely N-dealkylation sites (tertiary alicyclic amines) is 1. The van der Waals surface area contributed by atoms with E-state index in [2.05, 4.69) is 35.8 Å². The Bertz CT molecular complexity index is 3490. The van der Waals surface area contributed by atoms with Crippen molar-refractivity contribution in [2.45, 2.75) is 120 Å². The van der Waals surface area contributed by atoms with E-state index in [1.54, 1.807) is 18.6 Å². The molecule has 4 aliphatic heterocycles. The maximum atomic E-state index is 15.4. The molecule has 22 heteroatoms. The summed E-state index contributed by atoms with van der Waals surface area (Å²) in [5.41, 5.74) is 10.4. The van der Waals surface area contributed by atoms with Crippen molar-refractivity contribution in [3.8, 4) is 45.4 Å². The van der Waals surface area contributed by atoms with Crippen molar-refractivity contribution >= 4 is 34.4 Å². The molecule has 4 saturated heterocycles. The minimum Gasteiger partial charge on any atom is -0.486 e. The summed E-state index contributed by atoms with van der Waals surface area (Å²) in [6.45, 7) is 7.02. The van der Waals surface area contributed by atoms with E-state index in [0.29, 0.717) is 77.3 Å². The number of anilines is 2. The van der Waals surface area contributed by atoms with E-state index in [4.69, 9.17) is 29.9 Å². The molecule has 0 spiro atoms. The van der Waals surface area contributed by atoms with Gasteiger partial charge in [0.15, 0.2) is 5.75 Å². The number of β-amino-alcohol motifs (C(OH)–C–C–N with tert-alkyl or cyclic N) is 1. The quantitative estimate of drug-likeness (QED) is 0.0593. The van der Waals surface area contributed by atoms with Gasteiger partial charge >= 0.3 is 12.2 Å². The highest BCUT2D eigenvalue weighted by Crippen LogP contribution is 2.54. The number of nitrogens with zero attached hydrogens (tertiary/aromatic N) is 9. The highest BCUT2D eigenvalue weighted by Gasteiger charge is 2.45. The Morgan fingerprint density at radius 2 is 1.72 bits per heavy atom. The van der Waals surface area contributed by atoms with Crippen molar-refractivity contribution in [3.63, 3.8) is 0 Å². The Balaban J connectivity index is 0.830. The van der Waals surface area contributed by atoms with Crippen molar-refractivity contribution in [1.82, 2.24) is 50.5 Å². The Labute approximate surface area is 471 Å². The molecule has 3 aromatic carbocycles. The third-order valence-corrected chi connectivity index (χ3v) is 16.5. The van der Waals surface area contributed by atoms with E-state index in [0.717, 1.165) is 36.9 Å². The molecule has 428 valence electrons. The summed E-state index contributed by atoms with van der Waals surface area (Å²) in [5.74, 6) is -0.640. The summed E-state index contributed by atoms with van der Waals surface area (Å²) in [5, 5.41) is 37.3. The summed E-state index contributed by atoms with van der Waals surface area (Å²) in [4.78, 5) is 51.0. The lowest BCUT2D eigenvalue weighted by Crippen LogP contribution is -2.50. The van der Waals surface area contributed by atoms with Crippen LogP contribution in [-0.2, 0) is 27.1 Å². The van der Waals surface area contributed by atoms with E-state index < -0.39 is 54.4 Å². The Hall–Kier alpha value is -7.79. The van der Waals surface area contributed by atoms with Crippen molar-refractivity contribution < 1.29 is 47.2 Å². The molecule has 7 aromatic rings. The molecular formula is C60H65F3N12O7. The number of nitrogens with two attached hydrogens (primary N) is 1. The lowest BCUT2D eigenvalue weighted by atomic mass is 9.92. The smallest absolute Gasteiger partial charge is 0.418 e. The summed E-state index contributed by atoms with van der Waals surface area (Å²) < 4.78 is 66.6. The zero-order chi connectivity index (χ0) is 57.0. The number of alkyl halides is 3. The van der Waals surface area contributed by atoms with Gasteiger partial charge in [0, 0.05) is 79.9 Å². The number of halogens is 3. The second-order valence-electron chi connectivity index (χ2n) is 22.6. The number of aliphatic hydroxyl groups is 2. The maximum Gasteiger partial charge on any atom is 0.418 e. The average molecular weight is 1120 g/mol. The number of aryl methyl sites for hydroxylation is 1. The summed E-state index contributed by atoms with van der Waals surface area (Å²) in [6.07, 6.45) is 2.80. The van der Waals surface area contributed by atoms with Crippen LogP contribution in [0.2, 0.25) is 0 Å². The zero-order valence-corrected chi connectivity index (χ0v) is 45.7. The monoisotopic (exact) mass is 1120 g/mol. The van der Waals surface area contributed by atoms with Crippen molar-refractivity contribution in [1.29, 1.82) is 0 Å². The van der Waals surface area contributed by atoms with Crippen LogP contribution in [0, 0.1) is 12.8 Å². The van der Waals surface area contributed by atoms with Crippen molar-refractivity contribution in [3.05, 3.63) is 119 Å². The van der Waals surface area contributed by atoms with E-state index >= 15 is 13.2 Å². The molecule has 4 aromatic heterocycles. The molecule has 5 aliphatic rings. The molecule has 8 heterocycles. The third-order valence-electron chi connectivity index (χ3n) is 16.5. The lowest BCUT2D eigenvalue weighted by molar-refractivity contribution is -0.142. The van der Waals surface area contributed by atoms with Crippen LogP contribution < -0.4 is 30.7 Å². The number of ether oxygens (including phenoxy) is 3. The first-order chi connectivity index (χ1) is 39.6. The van der Waals surface area contributed by atoms with Gasteiger partial charge in [0.2, 0.25) is 11.8 Å². The highest BCUT2D eigenvalue weighted by atomic mass is 19.4. The van der Waals surface area contributed by atoms with Crippen LogP contribution in [-0.4, -0.2) is 132 Å². The van der Waals surface area contributed by atoms with Crippen LogP contribution in [0.25, 0.3) is 44.5 Å². The number of aliphatic hydroxyl groups excluding tert-OH is 2. The first-order valence-electron chi connectivity index (χ1n) is 28.1. The van der Waals surface area contributed by atoms with Crippen LogP contribution in [0.5, 0.6) is 11.8 Å². The van der Waals surface area contributed by atoms with E-state index in [1.807, 2.05) is 80.6 Å². The Morgan fingerprint density at radius 1 is 0.951 bits per heavy atom. The molecule has 6 atom stereocenters. The zero-order valence-electron chi connectivity index (χ0n) is 45.7. The number of nitrogens with one attached hydrogen (secondary N) is 2. The minimum absolute atomic E-state index is 0.00677. The molecule has 5 fully saturated rings. The molecule has 0 unspecified atom stereocenters. The molecule has 19 nitrogen and oxygen atoms in total. The number of carbonyl (C=O) groups excluding carboxylic acids is 2. The Morgan fingerprint density at radius 3 is 2.39 bits per heavy atom. The Kier molecular flexibility index (Phi) is 15.0. The normalized spacial score (nSPS) is 20.9. The van der Waals surface area contributed by atoms with Gasteiger partial charge in [-0.05, 0) is 89.6 Å². The van der Waals surface area contributed by atoms with E-state index in [9.17, 15) is 19.8 Å². The number of nitrogen functional groups attached to an aromatic ring is 1. The average Bonchev–Trinajstić information content (AvgIpc) is 3.94. The van der Waals surface area contributed by atoms with Gasteiger partial charge in [-0.25, -0.2) is 9.67 Å². The maximum absolute atomic E-state index is 15.4. The molecule has 0 radical (unpaired) electrons. The molecule has 82 heavy (non-hydrogen) atoms. The van der Waals surface area contributed by atoms with Crippen LogP contribution in [0.4, 0.5) is 24.8 Å². The first kappa shape index (κ1) is 54.8.